The van der Waals surface area contributed by atoms with Gasteiger partial charge in [-0.15, -0.1) is 0 Å². The molecule has 1 aliphatic heterocycles. The van der Waals surface area contributed by atoms with Crippen LogP contribution in [0.1, 0.15) is 32.6 Å². The molecule has 108 valence electrons. The number of carbonyl (C=O) groups is 2. The van der Waals surface area contributed by atoms with Gasteiger partial charge in [0.2, 0.25) is 5.91 Å². The molecule has 0 spiro atoms. The summed E-state index contributed by atoms with van der Waals surface area (Å²) in [7, 11) is 2.05. The first-order valence-corrected chi connectivity index (χ1v) is 7.19. The molecule has 1 saturated carbocycles. The molecule has 2 rings (SSSR count). The topological polar surface area (TPSA) is 69.6 Å². The molecule has 5 nitrogen and oxygen atoms in total. The summed E-state index contributed by atoms with van der Waals surface area (Å²) in [5, 5.41) is 12.3. The molecule has 1 aliphatic carbocycles. The summed E-state index contributed by atoms with van der Waals surface area (Å²) in [6, 6.07) is 0.177. The highest BCUT2D eigenvalue weighted by atomic mass is 16.4. The summed E-state index contributed by atoms with van der Waals surface area (Å²) < 4.78 is 0. The average molecular weight is 268 g/mol. The van der Waals surface area contributed by atoms with E-state index in [0.29, 0.717) is 18.8 Å². The van der Waals surface area contributed by atoms with Crippen LogP contribution in [0.25, 0.3) is 0 Å². The Morgan fingerprint density at radius 3 is 2.58 bits per heavy atom. The number of aliphatic carboxylic acids is 1. The highest BCUT2D eigenvalue weighted by Gasteiger charge is 2.41. The van der Waals surface area contributed by atoms with E-state index >= 15 is 0 Å². The van der Waals surface area contributed by atoms with Gasteiger partial charge in [-0.2, -0.15) is 0 Å². The Labute approximate surface area is 114 Å². The quantitative estimate of drug-likeness (QED) is 0.799. The van der Waals surface area contributed by atoms with Gasteiger partial charge in [-0.3, -0.25) is 9.59 Å². The number of rotatable bonds is 3. The van der Waals surface area contributed by atoms with Gasteiger partial charge in [0, 0.05) is 12.6 Å². The van der Waals surface area contributed by atoms with Gasteiger partial charge in [0.15, 0.2) is 0 Å². The zero-order chi connectivity index (χ0) is 14.0. The third-order valence-corrected chi connectivity index (χ3v) is 4.42. The second kappa shape index (κ2) is 5.90. The Bertz CT molecular complexity index is 359. The first-order chi connectivity index (χ1) is 8.97. The van der Waals surface area contributed by atoms with Gasteiger partial charge >= 0.3 is 5.97 Å². The van der Waals surface area contributed by atoms with E-state index in [1.807, 2.05) is 6.92 Å². The summed E-state index contributed by atoms with van der Waals surface area (Å²) in [5.41, 5.74) is 0. The van der Waals surface area contributed by atoms with Crippen molar-refractivity contribution in [2.24, 2.45) is 17.8 Å². The maximum atomic E-state index is 12.3. The first kappa shape index (κ1) is 14.3. The third kappa shape index (κ3) is 3.47. The van der Waals surface area contributed by atoms with Gasteiger partial charge in [0.05, 0.1) is 11.8 Å². The number of nitrogens with one attached hydrogen (secondary N) is 1. The van der Waals surface area contributed by atoms with Gasteiger partial charge in [-0.25, -0.2) is 0 Å². The molecule has 0 bridgehead atoms. The maximum absolute atomic E-state index is 12.3. The van der Waals surface area contributed by atoms with E-state index in [1.54, 1.807) is 0 Å². The monoisotopic (exact) mass is 268 g/mol. The number of likely N-dealkylation sites (N-methyl/N-ethyl adjacent to an activating group) is 1. The van der Waals surface area contributed by atoms with E-state index in [0.717, 1.165) is 25.9 Å². The fraction of sp³-hybridized carbons (Fsp3) is 0.857. The molecule has 0 aromatic rings. The van der Waals surface area contributed by atoms with Crippen molar-refractivity contribution < 1.29 is 14.7 Å². The predicted molar refractivity (Wildman–Crippen MR) is 71.7 cm³/mol. The lowest BCUT2D eigenvalue weighted by molar-refractivity contribution is -0.146. The third-order valence-electron chi connectivity index (χ3n) is 4.42. The van der Waals surface area contributed by atoms with Crippen molar-refractivity contribution in [3.63, 3.8) is 0 Å². The Hall–Kier alpha value is -1.10. The molecule has 5 heteroatoms. The average Bonchev–Trinajstić information content (AvgIpc) is 2.71. The molecule has 4 atom stereocenters. The minimum absolute atomic E-state index is 0.0583. The minimum atomic E-state index is -0.828. The van der Waals surface area contributed by atoms with Gasteiger partial charge < -0.3 is 15.3 Å². The van der Waals surface area contributed by atoms with Gasteiger partial charge in [-0.1, -0.05) is 6.92 Å². The second-order valence-electron chi connectivity index (χ2n) is 6.24. The van der Waals surface area contributed by atoms with E-state index in [9.17, 15) is 14.7 Å². The standard InChI is InChI=1S/C14H24N2O3/c1-9-6-11(12(7-9)14(18)19)13(17)15-10-4-3-5-16(2)8-10/h9-12H,3-8H2,1-2H3,(H,15,17)(H,18,19). The van der Waals surface area contributed by atoms with E-state index in [2.05, 4.69) is 17.3 Å². The molecule has 1 amide bonds. The van der Waals surface area contributed by atoms with Crippen LogP contribution in [0.3, 0.4) is 0 Å². The van der Waals surface area contributed by atoms with Crippen molar-refractivity contribution in [3.8, 4) is 0 Å². The van der Waals surface area contributed by atoms with Crippen LogP contribution in [0.4, 0.5) is 0 Å². The summed E-state index contributed by atoms with van der Waals surface area (Å²) in [4.78, 5) is 25.7. The largest absolute Gasteiger partial charge is 0.481 e. The molecule has 2 fully saturated rings. The second-order valence-corrected chi connectivity index (χ2v) is 6.24. The number of amides is 1. The van der Waals surface area contributed by atoms with Crippen molar-refractivity contribution in [2.75, 3.05) is 20.1 Å². The summed E-state index contributed by atoms with van der Waals surface area (Å²) >= 11 is 0. The number of carboxylic acid groups (broad SMARTS) is 1. The van der Waals surface area contributed by atoms with E-state index < -0.39 is 11.9 Å². The Morgan fingerprint density at radius 1 is 1.26 bits per heavy atom. The van der Waals surface area contributed by atoms with Crippen molar-refractivity contribution in [1.82, 2.24) is 10.2 Å². The van der Waals surface area contributed by atoms with Crippen LogP contribution in [0.15, 0.2) is 0 Å². The van der Waals surface area contributed by atoms with E-state index in [-0.39, 0.29) is 17.9 Å². The first-order valence-electron chi connectivity index (χ1n) is 7.19. The smallest absolute Gasteiger partial charge is 0.307 e. The van der Waals surface area contributed by atoms with E-state index in [1.165, 1.54) is 0 Å². The fourth-order valence-electron chi connectivity index (χ4n) is 3.45. The van der Waals surface area contributed by atoms with Crippen LogP contribution in [0, 0.1) is 17.8 Å². The molecular weight excluding hydrogens is 244 g/mol. The Balaban J connectivity index is 1.93. The molecule has 0 aromatic heterocycles. The molecule has 0 aromatic carbocycles. The van der Waals surface area contributed by atoms with E-state index in [4.69, 9.17) is 0 Å². The van der Waals surface area contributed by atoms with Crippen LogP contribution >= 0.6 is 0 Å². The van der Waals surface area contributed by atoms with Crippen LogP contribution < -0.4 is 5.32 Å². The Kier molecular flexibility index (Phi) is 4.45. The van der Waals surface area contributed by atoms with Crippen LogP contribution in [-0.2, 0) is 9.59 Å². The molecule has 1 heterocycles. The number of carboxylic acids is 1. The lowest BCUT2D eigenvalue weighted by atomic mass is 9.94. The number of nitrogens with zero attached hydrogens (tertiary/aromatic N) is 1. The van der Waals surface area contributed by atoms with Crippen molar-refractivity contribution in [1.29, 1.82) is 0 Å². The van der Waals surface area contributed by atoms with Crippen LogP contribution in [-0.4, -0.2) is 48.1 Å². The molecule has 2 N–H and O–H groups in total. The predicted octanol–water partition coefficient (Wildman–Crippen LogP) is 0.944. The highest BCUT2D eigenvalue weighted by Crippen LogP contribution is 2.36. The maximum Gasteiger partial charge on any atom is 0.307 e. The van der Waals surface area contributed by atoms with Gasteiger partial charge in [0.25, 0.3) is 0 Å². The molecule has 4 unspecified atom stereocenters. The van der Waals surface area contributed by atoms with Crippen molar-refractivity contribution in [3.05, 3.63) is 0 Å². The number of likely N-dealkylation sites (tertiary alicyclic amines) is 1. The normalized spacial score (nSPS) is 36.1. The number of piperidine rings is 1. The lowest BCUT2D eigenvalue weighted by Crippen LogP contribution is -2.48. The molecule has 0 radical (unpaired) electrons. The Morgan fingerprint density at radius 2 is 1.95 bits per heavy atom. The summed E-state index contributed by atoms with van der Waals surface area (Å²) in [6.45, 7) is 3.97. The molecular formula is C14H24N2O3. The zero-order valence-electron chi connectivity index (χ0n) is 11.8. The van der Waals surface area contributed by atoms with Crippen molar-refractivity contribution in [2.45, 2.75) is 38.6 Å². The summed E-state index contributed by atoms with van der Waals surface area (Å²) in [5.74, 6) is -1.41. The fourth-order valence-corrected chi connectivity index (χ4v) is 3.45. The lowest BCUT2D eigenvalue weighted by Gasteiger charge is -2.31. The summed E-state index contributed by atoms with van der Waals surface area (Å²) in [6.07, 6.45) is 3.41. The van der Waals surface area contributed by atoms with Crippen molar-refractivity contribution >= 4 is 11.9 Å². The SMILES string of the molecule is CC1CC(C(=O)O)C(C(=O)NC2CCCN(C)C2)C1. The molecule has 19 heavy (non-hydrogen) atoms. The number of hydrogen-bond acceptors (Lipinski definition) is 3. The zero-order valence-corrected chi connectivity index (χ0v) is 11.8. The van der Waals surface area contributed by atoms with Gasteiger partial charge in [-0.05, 0) is 45.2 Å². The van der Waals surface area contributed by atoms with Gasteiger partial charge in [0.1, 0.15) is 0 Å². The van der Waals surface area contributed by atoms with Crippen LogP contribution in [0.2, 0.25) is 0 Å². The highest BCUT2D eigenvalue weighted by molar-refractivity contribution is 5.85. The minimum Gasteiger partial charge on any atom is -0.481 e. The molecule has 1 saturated heterocycles. The number of carbonyl (C=O) groups excluding carboxylic acids is 1. The van der Waals surface area contributed by atoms with Crippen LogP contribution in [0.5, 0.6) is 0 Å². The molecule has 2 aliphatic rings. The number of hydrogen-bond donors (Lipinski definition) is 2.